The Morgan fingerprint density at radius 2 is 1.68 bits per heavy atom. The van der Waals surface area contributed by atoms with E-state index in [2.05, 4.69) is 29.6 Å². The van der Waals surface area contributed by atoms with Crippen LogP contribution >= 0.6 is 35.0 Å². The number of thioether (sulfide) groups is 1. The van der Waals surface area contributed by atoms with Gasteiger partial charge >= 0.3 is 0 Å². The number of nitrogens with zero attached hydrogens (tertiary/aromatic N) is 1. The van der Waals surface area contributed by atoms with Crippen molar-refractivity contribution < 1.29 is 9.59 Å². The third-order valence-electron chi connectivity index (χ3n) is 5.12. The quantitative estimate of drug-likeness (QED) is 0.462. The number of carbonyl (C=O) groups excluding carboxylic acids is 2. The van der Waals surface area contributed by atoms with E-state index >= 15 is 0 Å². The molecule has 2 atom stereocenters. The Kier molecular flexibility index (Phi) is 10.2. The van der Waals surface area contributed by atoms with Gasteiger partial charge in [0.1, 0.15) is 6.04 Å². The minimum absolute atomic E-state index is 0.0489. The number of hydrogen-bond donors (Lipinski definition) is 1. The highest BCUT2D eigenvalue weighted by atomic mass is 35.5. The minimum Gasteiger partial charge on any atom is -0.352 e. The molecule has 0 fully saturated rings. The molecule has 0 spiro atoms. The molecule has 1 N–H and O–H groups in total. The average Bonchev–Trinajstić information content (AvgIpc) is 2.75. The molecule has 31 heavy (non-hydrogen) atoms. The number of carbonyl (C=O) groups is 2. The van der Waals surface area contributed by atoms with Gasteiger partial charge in [-0.15, -0.1) is 11.8 Å². The monoisotopic (exact) mass is 480 g/mol. The summed E-state index contributed by atoms with van der Waals surface area (Å²) in [6, 6.07) is 13.0. The summed E-state index contributed by atoms with van der Waals surface area (Å²) in [5, 5.41) is 3.86. The topological polar surface area (TPSA) is 49.4 Å². The molecule has 0 saturated heterocycles. The first-order valence-corrected chi connectivity index (χ1v) is 12.3. The molecule has 2 aromatic carbocycles. The lowest BCUT2D eigenvalue weighted by atomic mass is 10.1. The molecule has 2 amide bonds. The van der Waals surface area contributed by atoms with E-state index in [0.29, 0.717) is 10.0 Å². The van der Waals surface area contributed by atoms with Gasteiger partial charge in [-0.05, 0) is 50.5 Å². The van der Waals surface area contributed by atoms with E-state index in [9.17, 15) is 9.59 Å². The van der Waals surface area contributed by atoms with Crippen molar-refractivity contribution in [2.45, 2.75) is 58.5 Å². The van der Waals surface area contributed by atoms with E-state index in [0.717, 1.165) is 17.7 Å². The van der Waals surface area contributed by atoms with Gasteiger partial charge in [0.05, 0.1) is 15.8 Å². The smallest absolute Gasteiger partial charge is 0.242 e. The largest absolute Gasteiger partial charge is 0.352 e. The van der Waals surface area contributed by atoms with E-state index in [4.69, 9.17) is 23.2 Å². The molecule has 0 saturated carbocycles. The lowest BCUT2D eigenvalue weighted by Crippen LogP contribution is -2.50. The van der Waals surface area contributed by atoms with Crippen LogP contribution in [0, 0.1) is 6.92 Å². The van der Waals surface area contributed by atoms with Crippen LogP contribution in [0.4, 0.5) is 0 Å². The van der Waals surface area contributed by atoms with Crippen molar-refractivity contribution in [1.29, 1.82) is 0 Å². The van der Waals surface area contributed by atoms with Crippen molar-refractivity contribution >= 4 is 46.8 Å². The molecule has 0 aliphatic rings. The molecule has 2 rings (SSSR count). The highest BCUT2D eigenvalue weighted by molar-refractivity contribution is 7.99. The zero-order valence-corrected chi connectivity index (χ0v) is 20.8. The van der Waals surface area contributed by atoms with E-state index in [1.807, 2.05) is 26.8 Å². The zero-order chi connectivity index (χ0) is 23.0. The van der Waals surface area contributed by atoms with Gasteiger partial charge in [-0.1, -0.05) is 66.0 Å². The molecular formula is C24H30Cl2N2O2S. The molecule has 7 heteroatoms. The van der Waals surface area contributed by atoms with Gasteiger partial charge in [-0.25, -0.2) is 0 Å². The lowest BCUT2D eigenvalue weighted by molar-refractivity contribution is -0.138. The summed E-state index contributed by atoms with van der Waals surface area (Å²) in [6.45, 7) is 8.06. The fraction of sp³-hybridized carbons (Fsp3) is 0.417. The predicted octanol–water partition coefficient (Wildman–Crippen LogP) is 5.87. The third-order valence-corrected chi connectivity index (χ3v) is 6.85. The van der Waals surface area contributed by atoms with Gasteiger partial charge in [0.2, 0.25) is 11.8 Å². The number of aryl methyl sites for hydroxylation is 1. The summed E-state index contributed by atoms with van der Waals surface area (Å²) in [6.07, 6.45) is 0.825. The number of benzene rings is 2. The average molecular weight is 481 g/mol. The molecule has 0 radical (unpaired) electrons. The number of hydrogen-bond acceptors (Lipinski definition) is 3. The highest BCUT2D eigenvalue weighted by Gasteiger charge is 2.26. The Morgan fingerprint density at radius 1 is 1.03 bits per heavy atom. The second kappa shape index (κ2) is 12.4. The first kappa shape index (κ1) is 25.6. The highest BCUT2D eigenvalue weighted by Crippen LogP contribution is 2.24. The summed E-state index contributed by atoms with van der Waals surface area (Å²) in [5.74, 6) is 0.775. The van der Waals surface area contributed by atoms with Gasteiger partial charge in [0.25, 0.3) is 0 Å². The molecule has 2 aromatic rings. The maximum Gasteiger partial charge on any atom is 0.242 e. The summed E-state index contributed by atoms with van der Waals surface area (Å²) in [7, 11) is 0. The first-order chi connectivity index (χ1) is 14.7. The third kappa shape index (κ3) is 8.06. The van der Waals surface area contributed by atoms with Crippen LogP contribution in [0.5, 0.6) is 0 Å². The maximum absolute atomic E-state index is 13.1. The van der Waals surface area contributed by atoms with Gasteiger partial charge < -0.3 is 10.2 Å². The molecule has 0 unspecified atom stereocenters. The molecule has 0 aliphatic carbocycles. The van der Waals surface area contributed by atoms with Crippen LogP contribution in [0.3, 0.4) is 0 Å². The fourth-order valence-electron chi connectivity index (χ4n) is 2.91. The van der Waals surface area contributed by atoms with Crippen molar-refractivity contribution in [2.75, 3.05) is 5.75 Å². The number of amides is 2. The maximum atomic E-state index is 13.1. The first-order valence-electron chi connectivity index (χ1n) is 10.4. The Morgan fingerprint density at radius 3 is 2.29 bits per heavy atom. The van der Waals surface area contributed by atoms with E-state index in [-0.39, 0.29) is 30.2 Å². The van der Waals surface area contributed by atoms with Crippen molar-refractivity contribution in [3.8, 4) is 0 Å². The summed E-state index contributed by atoms with van der Waals surface area (Å²) in [4.78, 5) is 27.5. The Labute approximate surface area is 199 Å². The summed E-state index contributed by atoms with van der Waals surface area (Å²) >= 11 is 13.7. The molecule has 168 valence electrons. The van der Waals surface area contributed by atoms with Gasteiger partial charge in [-0.2, -0.15) is 0 Å². The van der Waals surface area contributed by atoms with Crippen molar-refractivity contribution in [2.24, 2.45) is 0 Å². The second-order valence-corrected chi connectivity index (χ2v) is 9.54. The zero-order valence-electron chi connectivity index (χ0n) is 18.5. The Bertz CT molecular complexity index is 890. The molecular weight excluding hydrogens is 451 g/mol. The SMILES string of the molecule is CC[C@H](C)NC(=O)[C@@H](C)N(Cc1ccc(Cl)c(Cl)c1)C(=O)CSCc1ccc(C)cc1. The van der Waals surface area contributed by atoms with Crippen LogP contribution in [-0.4, -0.2) is 34.6 Å². The van der Waals surface area contributed by atoms with E-state index in [1.165, 1.54) is 11.1 Å². The standard InChI is InChI=1S/C24H30Cl2N2O2S/c1-5-17(3)27-24(30)18(4)28(13-20-10-11-21(25)22(26)12-20)23(29)15-31-14-19-8-6-16(2)7-9-19/h6-12,17-18H,5,13-15H2,1-4H3,(H,27,30)/t17-,18+/m0/s1. The van der Waals surface area contributed by atoms with Crippen LogP contribution < -0.4 is 5.32 Å². The minimum atomic E-state index is -0.601. The molecule has 4 nitrogen and oxygen atoms in total. The van der Waals surface area contributed by atoms with Crippen molar-refractivity contribution in [1.82, 2.24) is 10.2 Å². The number of rotatable bonds is 10. The van der Waals surface area contributed by atoms with Gasteiger partial charge in [0, 0.05) is 18.3 Å². The lowest BCUT2D eigenvalue weighted by Gasteiger charge is -2.29. The fourth-order valence-corrected chi connectivity index (χ4v) is 4.10. The molecule has 0 heterocycles. The van der Waals surface area contributed by atoms with Crippen LogP contribution in [-0.2, 0) is 21.9 Å². The van der Waals surface area contributed by atoms with Gasteiger partial charge in [0.15, 0.2) is 0 Å². The van der Waals surface area contributed by atoms with Crippen LogP contribution in [0.25, 0.3) is 0 Å². The normalized spacial score (nSPS) is 12.8. The van der Waals surface area contributed by atoms with Crippen LogP contribution in [0.2, 0.25) is 10.0 Å². The van der Waals surface area contributed by atoms with Crippen LogP contribution in [0.15, 0.2) is 42.5 Å². The van der Waals surface area contributed by atoms with Crippen molar-refractivity contribution in [3.05, 3.63) is 69.2 Å². The Hall–Kier alpha value is -1.69. The molecule has 0 aromatic heterocycles. The van der Waals surface area contributed by atoms with Gasteiger partial charge in [-0.3, -0.25) is 9.59 Å². The number of halogens is 2. The molecule has 0 aliphatic heterocycles. The predicted molar refractivity (Wildman–Crippen MR) is 132 cm³/mol. The van der Waals surface area contributed by atoms with Crippen molar-refractivity contribution in [3.63, 3.8) is 0 Å². The number of nitrogens with one attached hydrogen (secondary N) is 1. The van der Waals surface area contributed by atoms with Crippen LogP contribution in [0.1, 0.15) is 43.9 Å². The molecule has 0 bridgehead atoms. The van der Waals surface area contributed by atoms with E-state index in [1.54, 1.807) is 35.7 Å². The summed E-state index contributed by atoms with van der Waals surface area (Å²) < 4.78 is 0. The summed E-state index contributed by atoms with van der Waals surface area (Å²) in [5.41, 5.74) is 3.20. The second-order valence-electron chi connectivity index (χ2n) is 7.74. The Balaban J connectivity index is 2.10. The van der Waals surface area contributed by atoms with E-state index < -0.39 is 6.04 Å².